The van der Waals surface area contributed by atoms with E-state index in [-0.39, 0.29) is 28.1 Å². The number of nitrogens with one attached hydrogen (secondary N) is 1. The zero-order valence-corrected chi connectivity index (χ0v) is 21.2. The summed E-state index contributed by atoms with van der Waals surface area (Å²) in [4.78, 5) is 40.8. The Morgan fingerprint density at radius 1 is 1.19 bits per heavy atom. The van der Waals surface area contributed by atoms with Crippen molar-refractivity contribution in [2.75, 3.05) is 23.8 Å². The van der Waals surface area contributed by atoms with Crippen LogP contribution < -0.4 is 21.7 Å². The van der Waals surface area contributed by atoms with Crippen molar-refractivity contribution in [3.05, 3.63) is 70.2 Å². The van der Waals surface area contributed by atoms with Crippen molar-refractivity contribution in [1.29, 1.82) is 0 Å². The Morgan fingerprint density at radius 3 is 2.46 bits per heavy atom. The number of anilines is 2. The third-order valence-electron chi connectivity index (χ3n) is 6.24. The minimum Gasteiger partial charge on any atom is -0.508 e. The molecule has 3 amide bonds. The van der Waals surface area contributed by atoms with E-state index < -0.39 is 23.8 Å². The van der Waals surface area contributed by atoms with E-state index in [2.05, 4.69) is 9.69 Å². The zero-order valence-electron chi connectivity index (χ0n) is 20.3. The van der Waals surface area contributed by atoms with Crippen LogP contribution in [0.5, 0.6) is 5.75 Å². The molecule has 3 aromatic rings. The van der Waals surface area contributed by atoms with Crippen LogP contribution in [0.3, 0.4) is 0 Å². The number of phenols is 1. The van der Waals surface area contributed by atoms with Gasteiger partial charge in [-0.05, 0) is 66.2 Å². The van der Waals surface area contributed by atoms with Crippen molar-refractivity contribution in [3.63, 3.8) is 0 Å². The number of nitrogens with zero attached hydrogens (tertiary/aromatic N) is 2. The van der Waals surface area contributed by atoms with E-state index in [1.807, 2.05) is 19.1 Å². The van der Waals surface area contributed by atoms with Crippen molar-refractivity contribution >= 4 is 40.6 Å². The maximum absolute atomic E-state index is 14.0. The molecule has 6 N–H and O–H groups in total. The first-order valence-electron chi connectivity index (χ1n) is 12.0. The van der Waals surface area contributed by atoms with E-state index in [1.54, 1.807) is 24.3 Å². The van der Waals surface area contributed by atoms with Crippen LogP contribution in [0.15, 0.2) is 48.5 Å². The fourth-order valence-corrected chi connectivity index (χ4v) is 4.95. The number of nitrogens with two attached hydrogens (primary N) is 2. The second kappa shape index (κ2) is 11.4. The van der Waals surface area contributed by atoms with Crippen LogP contribution in [0.25, 0.3) is 0 Å². The summed E-state index contributed by atoms with van der Waals surface area (Å²) in [6, 6.07) is 12.2. The fourth-order valence-electron chi connectivity index (χ4n) is 4.21. The quantitative estimate of drug-likeness (QED) is 0.335. The summed E-state index contributed by atoms with van der Waals surface area (Å²) in [7, 11) is 0. The summed E-state index contributed by atoms with van der Waals surface area (Å²) in [5, 5.41) is 12.8. The summed E-state index contributed by atoms with van der Waals surface area (Å²) < 4.78 is 9.60. The summed E-state index contributed by atoms with van der Waals surface area (Å²) in [5.74, 6) is -1.88. The molecule has 4 rings (SSSR count). The van der Waals surface area contributed by atoms with E-state index in [1.165, 1.54) is 17.0 Å². The van der Waals surface area contributed by atoms with Crippen LogP contribution in [0, 0.1) is 0 Å². The highest BCUT2D eigenvalue weighted by Gasteiger charge is 2.36. The van der Waals surface area contributed by atoms with Gasteiger partial charge in [-0.15, -0.1) is 0 Å². The number of amides is 3. The van der Waals surface area contributed by atoms with Crippen LogP contribution in [-0.4, -0.2) is 46.5 Å². The maximum atomic E-state index is 14.0. The topological polar surface area (TPSA) is 161 Å². The zero-order chi connectivity index (χ0) is 26.5. The number of aryl methyl sites for hydroxylation is 1. The lowest BCUT2D eigenvalue weighted by Gasteiger charge is -2.31. The lowest BCUT2D eigenvalue weighted by molar-refractivity contribution is -0.123. The molecule has 0 radical (unpaired) electrons. The van der Waals surface area contributed by atoms with Gasteiger partial charge in [-0.3, -0.25) is 19.3 Å². The summed E-state index contributed by atoms with van der Waals surface area (Å²) >= 11 is 0.745. The first-order valence-corrected chi connectivity index (χ1v) is 12.7. The van der Waals surface area contributed by atoms with Crippen LogP contribution in [-0.2, 0) is 16.0 Å². The number of carbonyl (C=O) groups excluding carboxylic acids is 3. The Labute approximate surface area is 218 Å². The Balaban J connectivity index is 1.80. The fraction of sp³-hybridized carbons (Fsp3) is 0.308. The molecule has 2 unspecified atom stereocenters. The number of primary amides is 1. The molecule has 1 saturated heterocycles. The van der Waals surface area contributed by atoms with Gasteiger partial charge in [0.15, 0.2) is 5.69 Å². The van der Waals surface area contributed by atoms with E-state index in [0.717, 1.165) is 36.4 Å². The molecule has 2 aromatic carbocycles. The van der Waals surface area contributed by atoms with E-state index in [9.17, 15) is 19.5 Å². The monoisotopic (exact) mass is 523 g/mol. The Bertz CT molecular complexity index is 1270. The molecule has 1 aliphatic rings. The standard InChI is InChI=1S/C26H29N5O5S/c1-2-15-5-9-17(10-6-15)31(26(35)23-20(27)21(24(28)33)30-37-23)22(16-7-11-18(32)12-8-16)25(34)29-14-19-4-3-13-36-19/h5-12,19,22,32H,2-4,13-14,27H2,1H3,(H2,28,33)(H,29,34). The van der Waals surface area contributed by atoms with Crippen LogP contribution >= 0.6 is 11.5 Å². The van der Waals surface area contributed by atoms with Crippen LogP contribution in [0.1, 0.15) is 57.1 Å². The molecule has 37 heavy (non-hydrogen) atoms. The minimum absolute atomic E-state index is 0.0101. The highest BCUT2D eigenvalue weighted by molar-refractivity contribution is 7.09. The summed E-state index contributed by atoms with van der Waals surface area (Å²) in [6.45, 7) is 2.95. The van der Waals surface area contributed by atoms with Gasteiger partial charge in [0.1, 0.15) is 16.7 Å². The largest absolute Gasteiger partial charge is 0.508 e. The number of carbonyl (C=O) groups is 3. The number of benzene rings is 2. The van der Waals surface area contributed by atoms with E-state index in [0.29, 0.717) is 24.4 Å². The van der Waals surface area contributed by atoms with Crippen LogP contribution in [0.2, 0.25) is 0 Å². The Hall–Kier alpha value is -3.96. The number of hydrogen-bond acceptors (Lipinski definition) is 8. The van der Waals surface area contributed by atoms with Gasteiger partial charge in [-0.25, -0.2) is 0 Å². The van der Waals surface area contributed by atoms with Crippen molar-refractivity contribution < 1.29 is 24.2 Å². The number of ether oxygens (including phenoxy) is 1. The highest BCUT2D eigenvalue weighted by Crippen LogP contribution is 2.34. The van der Waals surface area contributed by atoms with Crippen molar-refractivity contribution in [3.8, 4) is 5.75 Å². The third-order valence-corrected chi connectivity index (χ3v) is 7.09. The van der Waals surface area contributed by atoms with Gasteiger partial charge in [-0.1, -0.05) is 31.2 Å². The number of aromatic hydroxyl groups is 1. The molecule has 1 fully saturated rings. The highest BCUT2D eigenvalue weighted by atomic mass is 32.1. The van der Waals surface area contributed by atoms with E-state index in [4.69, 9.17) is 16.2 Å². The Morgan fingerprint density at radius 2 is 1.89 bits per heavy atom. The van der Waals surface area contributed by atoms with Crippen LogP contribution in [0.4, 0.5) is 11.4 Å². The number of nitrogen functional groups attached to an aromatic ring is 1. The van der Waals surface area contributed by atoms with Gasteiger partial charge in [0, 0.05) is 18.8 Å². The van der Waals surface area contributed by atoms with Gasteiger partial charge >= 0.3 is 0 Å². The lowest BCUT2D eigenvalue weighted by Crippen LogP contribution is -2.45. The normalized spacial score (nSPS) is 15.8. The average Bonchev–Trinajstić information content (AvgIpc) is 3.56. The maximum Gasteiger partial charge on any atom is 0.273 e. The molecule has 0 saturated carbocycles. The molecule has 11 heteroatoms. The number of aromatic nitrogens is 1. The van der Waals surface area contributed by atoms with E-state index >= 15 is 0 Å². The van der Waals surface area contributed by atoms with Gasteiger partial charge in [0.05, 0.1) is 11.8 Å². The molecule has 1 aromatic heterocycles. The third kappa shape index (κ3) is 5.73. The van der Waals surface area contributed by atoms with Crippen molar-refractivity contribution in [2.24, 2.45) is 5.73 Å². The smallest absolute Gasteiger partial charge is 0.273 e. The molecule has 0 spiro atoms. The van der Waals surface area contributed by atoms with Crippen molar-refractivity contribution in [2.45, 2.75) is 38.3 Å². The molecular formula is C26H29N5O5S. The van der Waals surface area contributed by atoms with Gasteiger partial charge in [-0.2, -0.15) is 4.37 Å². The van der Waals surface area contributed by atoms with Gasteiger partial charge < -0.3 is 26.6 Å². The number of phenolic OH excluding ortho intramolecular Hbond substituents is 1. The summed E-state index contributed by atoms with van der Waals surface area (Å²) in [6.07, 6.45) is 2.44. The first kappa shape index (κ1) is 26.1. The first-order chi connectivity index (χ1) is 17.8. The number of hydrogen-bond donors (Lipinski definition) is 4. The molecular weight excluding hydrogens is 494 g/mol. The second-order valence-electron chi connectivity index (χ2n) is 8.71. The predicted molar refractivity (Wildman–Crippen MR) is 141 cm³/mol. The molecule has 0 aliphatic carbocycles. The van der Waals surface area contributed by atoms with Gasteiger partial charge in [0.25, 0.3) is 11.8 Å². The molecule has 2 atom stereocenters. The number of rotatable bonds is 9. The lowest BCUT2D eigenvalue weighted by atomic mass is 10.0. The summed E-state index contributed by atoms with van der Waals surface area (Å²) in [5.41, 5.74) is 13.1. The molecule has 10 nitrogen and oxygen atoms in total. The Kier molecular flexibility index (Phi) is 8.04. The molecule has 1 aliphatic heterocycles. The molecule has 2 heterocycles. The molecule has 194 valence electrons. The SMILES string of the molecule is CCc1ccc(N(C(=O)c2snc(C(N)=O)c2N)C(C(=O)NCC2CCCO2)c2ccc(O)cc2)cc1. The van der Waals surface area contributed by atoms with Gasteiger partial charge in [0.2, 0.25) is 5.91 Å². The second-order valence-corrected chi connectivity index (χ2v) is 9.48. The van der Waals surface area contributed by atoms with Crippen molar-refractivity contribution in [1.82, 2.24) is 9.69 Å². The minimum atomic E-state index is -1.12. The average molecular weight is 524 g/mol. The predicted octanol–water partition coefficient (Wildman–Crippen LogP) is 2.78. The molecule has 0 bridgehead atoms.